The molecule has 0 saturated carbocycles. The number of aromatic nitrogens is 2. The van der Waals surface area contributed by atoms with Gasteiger partial charge >= 0.3 is 15.6 Å². The van der Waals surface area contributed by atoms with E-state index in [4.69, 9.17) is 4.74 Å². The molecular weight excluding hydrogens is 277 g/mol. The Morgan fingerprint density at radius 2 is 2.28 bits per heavy atom. The van der Waals surface area contributed by atoms with Crippen LogP contribution in [0.25, 0.3) is 0 Å². The molecule has 0 spiro atoms. The molecule has 0 bridgehead atoms. The van der Waals surface area contributed by atoms with Crippen molar-refractivity contribution in [1.82, 2.24) is 9.78 Å². The number of rotatable bonds is 3. The molecule has 1 aliphatic rings. The van der Waals surface area contributed by atoms with Gasteiger partial charge in [-0.3, -0.25) is 4.18 Å². The molecule has 0 amide bonds. The van der Waals surface area contributed by atoms with Crippen LogP contribution in [0.15, 0.2) is 12.3 Å². The van der Waals surface area contributed by atoms with Gasteiger partial charge in [0.2, 0.25) is 5.88 Å². The first kappa shape index (κ1) is 13.1. The summed E-state index contributed by atoms with van der Waals surface area (Å²) in [5, 5.41) is 3.86. The zero-order valence-electron chi connectivity index (χ0n) is 8.92. The summed E-state index contributed by atoms with van der Waals surface area (Å²) in [6.07, 6.45) is 1.48. The van der Waals surface area contributed by atoms with Crippen LogP contribution in [0, 0.1) is 5.92 Å². The van der Waals surface area contributed by atoms with Crippen molar-refractivity contribution in [3.8, 4) is 5.88 Å². The van der Waals surface area contributed by atoms with Crippen LogP contribution in [-0.4, -0.2) is 36.9 Å². The first-order valence-electron chi connectivity index (χ1n) is 4.90. The molecule has 2 rings (SSSR count). The van der Waals surface area contributed by atoms with Crippen LogP contribution in [0.1, 0.15) is 0 Å². The van der Waals surface area contributed by atoms with Gasteiger partial charge in [0, 0.05) is 12.0 Å². The highest BCUT2D eigenvalue weighted by atomic mass is 32.2. The van der Waals surface area contributed by atoms with Gasteiger partial charge in [-0.05, 0) is 0 Å². The molecule has 0 aromatic carbocycles. The van der Waals surface area contributed by atoms with Crippen LogP contribution < -0.4 is 4.74 Å². The highest BCUT2D eigenvalue weighted by Crippen LogP contribution is 2.26. The second kappa shape index (κ2) is 4.43. The van der Waals surface area contributed by atoms with Crippen molar-refractivity contribution < 1.29 is 30.5 Å². The van der Waals surface area contributed by atoms with E-state index in [0.717, 1.165) is 0 Å². The molecule has 0 N–H and O–H groups in total. The second-order valence-corrected chi connectivity index (χ2v) is 5.32. The summed E-state index contributed by atoms with van der Waals surface area (Å²) in [6, 6.07) is 1.60. The lowest BCUT2D eigenvalue weighted by molar-refractivity contribution is -0.0558. The number of alkyl halides is 3. The van der Waals surface area contributed by atoms with Crippen LogP contribution in [0.3, 0.4) is 0 Å². The third kappa shape index (κ3) is 2.58. The number of halogens is 3. The molecule has 18 heavy (non-hydrogen) atoms. The van der Waals surface area contributed by atoms with E-state index >= 15 is 0 Å². The van der Waals surface area contributed by atoms with Crippen molar-refractivity contribution in [2.45, 2.75) is 12.1 Å². The molecule has 1 atom stereocenters. The van der Waals surface area contributed by atoms with Gasteiger partial charge in [-0.15, -0.1) is 0 Å². The smallest absolute Gasteiger partial charge is 0.477 e. The molecule has 0 saturated heterocycles. The first-order valence-corrected chi connectivity index (χ1v) is 6.31. The molecule has 0 fully saturated rings. The summed E-state index contributed by atoms with van der Waals surface area (Å²) < 4.78 is 68.0. The Morgan fingerprint density at radius 1 is 1.56 bits per heavy atom. The minimum Gasteiger partial charge on any atom is -0.477 e. The Morgan fingerprint density at radius 3 is 2.94 bits per heavy atom. The van der Waals surface area contributed by atoms with Crippen molar-refractivity contribution in [2.24, 2.45) is 5.92 Å². The molecule has 0 aliphatic carbocycles. The topological polar surface area (TPSA) is 70.4 Å². The number of ether oxygens (including phenoxy) is 1. The molecule has 0 radical (unpaired) electrons. The lowest BCUT2D eigenvalue weighted by Gasteiger charge is -2.23. The maximum atomic E-state index is 12.0. The van der Waals surface area contributed by atoms with Gasteiger partial charge in [0.1, 0.15) is 0 Å². The predicted octanol–water partition coefficient (Wildman–Crippen LogP) is 0.758. The Labute approximate surface area is 100 Å². The molecule has 10 heteroatoms. The number of fused-ring (bicyclic) bond motifs is 1. The van der Waals surface area contributed by atoms with E-state index in [-0.39, 0.29) is 13.2 Å². The highest BCUT2D eigenvalue weighted by molar-refractivity contribution is 7.87. The Kier molecular flexibility index (Phi) is 3.23. The molecular formula is C8H9F3N2O4S. The van der Waals surface area contributed by atoms with E-state index in [1.54, 1.807) is 6.07 Å². The fourth-order valence-corrected chi connectivity index (χ4v) is 1.94. The molecule has 102 valence electrons. The lowest BCUT2D eigenvalue weighted by Crippen LogP contribution is -2.33. The molecule has 1 aromatic heterocycles. The quantitative estimate of drug-likeness (QED) is 0.606. The summed E-state index contributed by atoms with van der Waals surface area (Å²) in [6.45, 7) is -0.268. The minimum absolute atomic E-state index is 0.0824. The monoisotopic (exact) mass is 286 g/mol. The van der Waals surface area contributed by atoms with Crippen LogP contribution in [0.5, 0.6) is 5.88 Å². The maximum absolute atomic E-state index is 12.0. The van der Waals surface area contributed by atoms with E-state index in [0.29, 0.717) is 5.88 Å². The van der Waals surface area contributed by atoms with Gasteiger partial charge in [0.15, 0.2) is 0 Å². The van der Waals surface area contributed by atoms with Crippen molar-refractivity contribution in [2.75, 3.05) is 13.2 Å². The van der Waals surface area contributed by atoms with Crippen molar-refractivity contribution >= 4 is 10.1 Å². The van der Waals surface area contributed by atoms with E-state index in [1.165, 1.54) is 10.9 Å². The number of hydrogen-bond acceptors (Lipinski definition) is 5. The van der Waals surface area contributed by atoms with Crippen molar-refractivity contribution in [3.05, 3.63) is 12.3 Å². The molecule has 1 aliphatic heterocycles. The fraction of sp³-hybridized carbons (Fsp3) is 0.625. The third-order valence-corrected chi connectivity index (χ3v) is 3.33. The Bertz CT molecular complexity index is 525. The standard InChI is InChI=1S/C8H9F3N2O4S/c9-8(10,11)18(14,15)17-5-6-3-13-7(16-4-6)1-2-12-13/h1-2,6H,3-5H2. The summed E-state index contributed by atoms with van der Waals surface area (Å²) >= 11 is 0. The van der Waals surface area contributed by atoms with Gasteiger partial charge in [0.25, 0.3) is 0 Å². The molecule has 1 aromatic rings. The average Bonchev–Trinajstić information content (AvgIpc) is 2.71. The van der Waals surface area contributed by atoms with Gasteiger partial charge in [-0.1, -0.05) is 0 Å². The summed E-state index contributed by atoms with van der Waals surface area (Å²) in [5.74, 6) is -0.0144. The molecule has 1 unspecified atom stereocenters. The predicted molar refractivity (Wildman–Crippen MR) is 52.1 cm³/mol. The summed E-state index contributed by atoms with van der Waals surface area (Å²) in [7, 11) is -5.55. The van der Waals surface area contributed by atoms with E-state index in [9.17, 15) is 21.6 Å². The molecule has 2 heterocycles. The second-order valence-electron chi connectivity index (χ2n) is 3.71. The zero-order chi connectivity index (χ0) is 13.4. The minimum atomic E-state index is -5.55. The maximum Gasteiger partial charge on any atom is 0.523 e. The number of nitrogens with zero attached hydrogens (tertiary/aromatic N) is 2. The summed E-state index contributed by atoms with van der Waals surface area (Å²) in [4.78, 5) is 0. The van der Waals surface area contributed by atoms with E-state index < -0.39 is 28.2 Å². The van der Waals surface area contributed by atoms with Crippen LogP contribution >= 0.6 is 0 Å². The van der Waals surface area contributed by atoms with Gasteiger partial charge < -0.3 is 4.74 Å². The van der Waals surface area contributed by atoms with Crippen LogP contribution in [0.4, 0.5) is 13.2 Å². The van der Waals surface area contributed by atoms with Gasteiger partial charge in [-0.2, -0.15) is 26.7 Å². The Balaban J connectivity index is 1.94. The van der Waals surface area contributed by atoms with Crippen LogP contribution in [-0.2, 0) is 20.8 Å². The highest BCUT2D eigenvalue weighted by Gasteiger charge is 2.47. The third-order valence-electron chi connectivity index (χ3n) is 2.32. The lowest BCUT2D eigenvalue weighted by atomic mass is 10.1. The van der Waals surface area contributed by atoms with E-state index in [2.05, 4.69) is 9.28 Å². The SMILES string of the molecule is O=S(=O)(OCC1COc2ccnn2C1)C(F)(F)F. The van der Waals surface area contributed by atoms with Gasteiger partial charge in [-0.25, -0.2) is 4.68 Å². The zero-order valence-corrected chi connectivity index (χ0v) is 9.74. The van der Waals surface area contributed by atoms with Crippen molar-refractivity contribution in [1.29, 1.82) is 0 Å². The van der Waals surface area contributed by atoms with Gasteiger partial charge in [0.05, 0.1) is 26.0 Å². The summed E-state index contributed by atoms with van der Waals surface area (Å²) in [5.41, 5.74) is -5.40. The average molecular weight is 286 g/mol. The molecule has 6 nitrogen and oxygen atoms in total. The van der Waals surface area contributed by atoms with Crippen LogP contribution in [0.2, 0.25) is 0 Å². The Hall–Kier alpha value is -1.29. The number of hydrogen-bond donors (Lipinski definition) is 0. The largest absolute Gasteiger partial charge is 0.523 e. The van der Waals surface area contributed by atoms with E-state index in [1.807, 2.05) is 0 Å². The normalized spacial score (nSPS) is 20.3. The first-order chi connectivity index (χ1) is 8.29. The van der Waals surface area contributed by atoms with Crippen molar-refractivity contribution in [3.63, 3.8) is 0 Å². The fourth-order valence-electron chi connectivity index (χ4n) is 1.43.